The summed E-state index contributed by atoms with van der Waals surface area (Å²) < 4.78 is 37.5. The van der Waals surface area contributed by atoms with Crippen LogP contribution < -0.4 is 5.32 Å². The van der Waals surface area contributed by atoms with Crippen LogP contribution in [0, 0.1) is 5.92 Å². The number of rotatable bonds is 6. The molecule has 0 bridgehead atoms. The second-order valence-electron chi connectivity index (χ2n) is 3.73. The van der Waals surface area contributed by atoms with Gasteiger partial charge in [0.1, 0.15) is 12.0 Å². The molecule has 1 amide bonds. The number of carbonyl (C=O) groups excluding carboxylic acids is 1. The van der Waals surface area contributed by atoms with Gasteiger partial charge < -0.3 is 10.4 Å². The Morgan fingerprint density at radius 2 is 2.10 bits per heavy atom. The first kappa shape index (κ1) is 16.2. The smallest absolute Gasteiger partial charge is 0.401 e. The number of aromatic nitrogens is 4. The molecule has 1 aromatic heterocycles. The van der Waals surface area contributed by atoms with Crippen molar-refractivity contribution >= 4 is 24.5 Å². The zero-order valence-electron chi connectivity index (χ0n) is 9.76. The average Bonchev–Trinajstić information content (AvgIpc) is 2.79. The van der Waals surface area contributed by atoms with Crippen molar-refractivity contribution in [1.82, 2.24) is 25.9 Å². The SMILES string of the molecule is O=C(N[C@@H](Cc1nnn[nH]1)C(=O)O)C(CS)C(F)(F)F. The molecule has 112 valence electrons. The Labute approximate surface area is 115 Å². The van der Waals surface area contributed by atoms with Crippen LogP contribution >= 0.6 is 12.6 Å². The topological polar surface area (TPSA) is 121 Å². The van der Waals surface area contributed by atoms with Crippen LogP contribution in [0.1, 0.15) is 5.82 Å². The number of alkyl halides is 3. The highest BCUT2D eigenvalue weighted by molar-refractivity contribution is 7.80. The highest BCUT2D eigenvalue weighted by Gasteiger charge is 2.44. The molecule has 0 saturated heterocycles. The van der Waals surface area contributed by atoms with Gasteiger partial charge in [-0.15, -0.1) is 5.10 Å². The molecular weight excluding hydrogens is 303 g/mol. The fourth-order valence-corrected chi connectivity index (χ4v) is 1.64. The molecule has 0 fully saturated rings. The maximum absolute atomic E-state index is 12.5. The molecule has 0 aliphatic heterocycles. The second-order valence-corrected chi connectivity index (χ2v) is 4.09. The van der Waals surface area contributed by atoms with Gasteiger partial charge in [0.15, 0.2) is 5.82 Å². The number of aromatic amines is 1. The van der Waals surface area contributed by atoms with Crippen molar-refractivity contribution in [3.05, 3.63) is 5.82 Å². The van der Waals surface area contributed by atoms with Crippen molar-refractivity contribution in [3.8, 4) is 0 Å². The molecule has 0 radical (unpaired) electrons. The number of carbonyl (C=O) groups is 2. The first-order valence-corrected chi connectivity index (χ1v) is 5.82. The van der Waals surface area contributed by atoms with E-state index in [4.69, 9.17) is 5.11 Å². The van der Waals surface area contributed by atoms with Crippen molar-refractivity contribution in [2.24, 2.45) is 5.92 Å². The Kier molecular flexibility index (Phi) is 5.30. The minimum atomic E-state index is -4.80. The molecule has 0 saturated carbocycles. The molecule has 2 atom stereocenters. The van der Waals surface area contributed by atoms with Gasteiger partial charge in [0.05, 0.1) is 0 Å². The number of H-pyrrole nitrogens is 1. The van der Waals surface area contributed by atoms with Crippen molar-refractivity contribution in [2.75, 3.05) is 5.75 Å². The van der Waals surface area contributed by atoms with Crippen LogP contribution in [0.4, 0.5) is 13.2 Å². The third-order valence-electron chi connectivity index (χ3n) is 2.30. The third-order valence-corrected chi connectivity index (χ3v) is 2.66. The summed E-state index contributed by atoms with van der Waals surface area (Å²) in [5.74, 6) is -6.12. The second kappa shape index (κ2) is 6.54. The number of hydrogen-bond donors (Lipinski definition) is 4. The Hall–Kier alpha value is -1.85. The van der Waals surface area contributed by atoms with Crippen LogP contribution in [0.3, 0.4) is 0 Å². The Bertz CT molecular complexity index is 466. The Morgan fingerprint density at radius 1 is 1.45 bits per heavy atom. The molecule has 1 rings (SSSR count). The van der Waals surface area contributed by atoms with Crippen LogP contribution in [-0.4, -0.2) is 55.6 Å². The number of tetrazole rings is 1. The predicted octanol–water partition coefficient (Wildman–Crippen LogP) is -0.580. The van der Waals surface area contributed by atoms with E-state index in [9.17, 15) is 22.8 Å². The van der Waals surface area contributed by atoms with Crippen LogP contribution in [0.15, 0.2) is 0 Å². The number of aliphatic carboxylic acids is 1. The van der Waals surface area contributed by atoms with Gasteiger partial charge in [-0.05, 0) is 10.4 Å². The minimum absolute atomic E-state index is 0.0205. The highest BCUT2D eigenvalue weighted by atomic mass is 32.1. The lowest BCUT2D eigenvalue weighted by Gasteiger charge is -2.20. The fraction of sp³-hybridized carbons (Fsp3) is 0.625. The van der Waals surface area contributed by atoms with Crippen molar-refractivity contribution in [2.45, 2.75) is 18.6 Å². The number of carboxylic acid groups (broad SMARTS) is 1. The van der Waals surface area contributed by atoms with Crippen LogP contribution in [-0.2, 0) is 16.0 Å². The summed E-state index contributed by atoms with van der Waals surface area (Å²) in [4.78, 5) is 22.4. The third kappa shape index (κ3) is 4.36. The quantitative estimate of drug-likeness (QED) is 0.521. The molecule has 12 heteroatoms. The van der Waals surface area contributed by atoms with E-state index >= 15 is 0 Å². The van der Waals surface area contributed by atoms with E-state index in [1.54, 1.807) is 5.32 Å². The number of nitrogens with one attached hydrogen (secondary N) is 2. The van der Waals surface area contributed by atoms with Gasteiger partial charge in [0.2, 0.25) is 5.91 Å². The maximum atomic E-state index is 12.5. The number of nitrogens with zero attached hydrogens (tertiary/aromatic N) is 3. The van der Waals surface area contributed by atoms with Gasteiger partial charge in [-0.2, -0.15) is 25.8 Å². The minimum Gasteiger partial charge on any atom is -0.480 e. The molecule has 0 aliphatic carbocycles. The monoisotopic (exact) mass is 313 g/mol. The molecule has 0 spiro atoms. The molecule has 20 heavy (non-hydrogen) atoms. The maximum Gasteiger partial charge on any atom is 0.401 e. The lowest BCUT2D eigenvalue weighted by atomic mass is 10.1. The summed E-state index contributed by atoms with van der Waals surface area (Å²) in [5.41, 5.74) is 0. The van der Waals surface area contributed by atoms with Gasteiger partial charge in [-0.25, -0.2) is 9.89 Å². The summed E-state index contributed by atoms with van der Waals surface area (Å²) >= 11 is 3.44. The van der Waals surface area contributed by atoms with E-state index in [0.717, 1.165) is 0 Å². The highest BCUT2D eigenvalue weighted by Crippen LogP contribution is 2.27. The van der Waals surface area contributed by atoms with Gasteiger partial charge in [0.25, 0.3) is 0 Å². The molecule has 1 unspecified atom stereocenters. The molecule has 0 aliphatic rings. The van der Waals surface area contributed by atoms with E-state index in [0.29, 0.717) is 0 Å². The fourth-order valence-electron chi connectivity index (χ4n) is 1.27. The van der Waals surface area contributed by atoms with E-state index in [1.165, 1.54) is 0 Å². The predicted molar refractivity (Wildman–Crippen MR) is 60.8 cm³/mol. The first-order valence-electron chi connectivity index (χ1n) is 5.19. The number of hydrogen-bond acceptors (Lipinski definition) is 6. The lowest BCUT2D eigenvalue weighted by molar-refractivity contribution is -0.178. The zero-order chi connectivity index (χ0) is 15.3. The van der Waals surface area contributed by atoms with Crippen molar-refractivity contribution in [3.63, 3.8) is 0 Å². The molecule has 8 nitrogen and oxygen atoms in total. The van der Waals surface area contributed by atoms with E-state index in [2.05, 4.69) is 33.3 Å². The number of carboxylic acids is 1. The number of amides is 1. The summed E-state index contributed by atoms with van der Waals surface area (Å²) in [6.07, 6.45) is -5.17. The van der Waals surface area contributed by atoms with Crippen LogP contribution in [0.5, 0.6) is 0 Å². The molecule has 0 aromatic carbocycles. The average molecular weight is 313 g/mol. The first-order chi connectivity index (χ1) is 9.25. The zero-order valence-corrected chi connectivity index (χ0v) is 10.6. The van der Waals surface area contributed by atoms with E-state index < -0.39 is 35.8 Å². The molecule has 3 N–H and O–H groups in total. The summed E-state index contributed by atoms with van der Waals surface area (Å²) in [5, 5.41) is 22.7. The standard InChI is InChI=1S/C8H10F3N5O3S/c9-8(10,11)3(2-20)6(17)12-4(7(18)19)1-5-13-15-16-14-5/h3-4,20H,1-2H2,(H,12,17)(H,18,19)(H,13,14,15,16)/t3?,4-/m0/s1. The number of halogens is 3. The van der Waals surface area contributed by atoms with Gasteiger partial charge in [-0.3, -0.25) is 4.79 Å². The normalized spacial score (nSPS) is 14.6. The van der Waals surface area contributed by atoms with Gasteiger partial charge in [0, 0.05) is 12.2 Å². The number of thiol groups is 1. The largest absolute Gasteiger partial charge is 0.480 e. The molecular formula is C8H10F3N5O3S. The van der Waals surface area contributed by atoms with Crippen molar-refractivity contribution in [1.29, 1.82) is 0 Å². The molecule has 1 aromatic rings. The summed E-state index contributed by atoms with van der Waals surface area (Å²) in [6, 6.07) is -1.58. The van der Waals surface area contributed by atoms with E-state index in [-0.39, 0.29) is 12.2 Å². The Morgan fingerprint density at radius 3 is 2.50 bits per heavy atom. The van der Waals surface area contributed by atoms with E-state index in [1.807, 2.05) is 0 Å². The Balaban J connectivity index is 2.75. The van der Waals surface area contributed by atoms with Crippen LogP contribution in [0.2, 0.25) is 0 Å². The molecule has 1 heterocycles. The lowest BCUT2D eigenvalue weighted by Crippen LogP contribution is -2.48. The van der Waals surface area contributed by atoms with Gasteiger partial charge in [-0.1, -0.05) is 0 Å². The van der Waals surface area contributed by atoms with Crippen LogP contribution in [0.25, 0.3) is 0 Å². The van der Waals surface area contributed by atoms with Gasteiger partial charge >= 0.3 is 12.1 Å². The van der Waals surface area contributed by atoms with Crippen molar-refractivity contribution < 1.29 is 27.9 Å². The summed E-state index contributed by atoms with van der Waals surface area (Å²) in [6.45, 7) is 0. The summed E-state index contributed by atoms with van der Waals surface area (Å²) in [7, 11) is 0.